The molecule has 5 nitrogen and oxygen atoms in total. The number of likely N-dealkylation sites (tertiary alicyclic amines) is 1. The van der Waals surface area contributed by atoms with E-state index in [9.17, 15) is 9.59 Å². The molecule has 2 rings (SSSR count). The highest BCUT2D eigenvalue weighted by Crippen LogP contribution is 2.20. The summed E-state index contributed by atoms with van der Waals surface area (Å²) in [7, 11) is 1.79. The molecule has 1 saturated heterocycles. The van der Waals surface area contributed by atoms with Crippen LogP contribution in [0, 0.1) is 5.92 Å². The van der Waals surface area contributed by atoms with Crippen LogP contribution in [0.4, 0.5) is 0 Å². The highest BCUT2D eigenvalue weighted by Gasteiger charge is 2.31. The molecule has 0 radical (unpaired) electrons. The number of carbonyl (C=O) groups excluding carboxylic acids is 2. The number of hydrogen-bond acceptors (Lipinski definition) is 3. The van der Waals surface area contributed by atoms with Crippen molar-refractivity contribution in [2.75, 3.05) is 33.2 Å². The van der Waals surface area contributed by atoms with Gasteiger partial charge in [-0.3, -0.25) is 9.59 Å². The molecule has 1 aliphatic heterocycles. The molecule has 0 aliphatic carbocycles. The minimum absolute atomic E-state index is 0.0559. The molecule has 120 valence electrons. The first kappa shape index (κ1) is 16.5. The van der Waals surface area contributed by atoms with Gasteiger partial charge in [-0.15, -0.1) is 0 Å². The molecule has 1 aromatic carbocycles. The SMILES string of the molecule is CN1CCC(C(=O)N(CCN)CCc2ccccc2)CC1=O. The number of amides is 2. The summed E-state index contributed by atoms with van der Waals surface area (Å²) >= 11 is 0. The van der Waals surface area contributed by atoms with Gasteiger partial charge in [0, 0.05) is 45.6 Å². The predicted octanol–water partition coefficient (Wildman–Crippen LogP) is 0.885. The van der Waals surface area contributed by atoms with Crippen LogP contribution in [-0.2, 0) is 16.0 Å². The lowest BCUT2D eigenvalue weighted by molar-refractivity contribution is -0.144. The Hall–Kier alpha value is -1.88. The summed E-state index contributed by atoms with van der Waals surface area (Å²) in [5.41, 5.74) is 6.85. The minimum Gasteiger partial charge on any atom is -0.346 e. The summed E-state index contributed by atoms with van der Waals surface area (Å²) in [6, 6.07) is 10.1. The molecule has 1 heterocycles. The molecule has 1 aliphatic rings. The Morgan fingerprint density at radius 3 is 2.68 bits per heavy atom. The first-order valence-corrected chi connectivity index (χ1v) is 7.88. The lowest BCUT2D eigenvalue weighted by atomic mass is 9.94. The molecular formula is C17H25N3O2. The quantitative estimate of drug-likeness (QED) is 0.848. The van der Waals surface area contributed by atoms with Crippen LogP contribution in [0.2, 0.25) is 0 Å². The number of piperidine rings is 1. The van der Waals surface area contributed by atoms with E-state index in [1.807, 2.05) is 23.1 Å². The average molecular weight is 303 g/mol. The third-order valence-electron chi connectivity index (χ3n) is 4.23. The highest BCUT2D eigenvalue weighted by molar-refractivity contribution is 5.86. The minimum atomic E-state index is -0.189. The maximum Gasteiger partial charge on any atom is 0.226 e. The van der Waals surface area contributed by atoms with Crippen molar-refractivity contribution in [3.8, 4) is 0 Å². The molecule has 0 aromatic heterocycles. The highest BCUT2D eigenvalue weighted by atomic mass is 16.2. The summed E-state index contributed by atoms with van der Waals surface area (Å²) < 4.78 is 0. The lowest BCUT2D eigenvalue weighted by Gasteiger charge is -2.32. The van der Waals surface area contributed by atoms with E-state index < -0.39 is 0 Å². The van der Waals surface area contributed by atoms with E-state index in [1.165, 1.54) is 5.56 Å². The molecule has 2 N–H and O–H groups in total. The zero-order valence-corrected chi connectivity index (χ0v) is 13.2. The molecule has 1 unspecified atom stereocenters. The Morgan fingerprint density at radius 1 is 1.32 bits per heavy atom. The van der Waals surface area contributed by atoms with Crippen molar-refractivity contribution >= 4 is 11.8 Å². The van der Waals surface area contributed by atoms with Gasteiger partial charge in [0.2, 0.25) is 11.8 Å². The zero-order valence-electron chi connectivity index (χ0n) is 13.2. The number of hydrogen-bond donors (Lipinski definition) is 1. The van der Waals surface area contributed by atoms with E-state index >= 15 is 0 Å². The third kappa shape index (κ3) is 4.31. The van der Waals surface area contributed by atoms with E-state index in [0.717, 1.165) is 12.8 Å². The summed E-state index contributed by atoms with van der Waals surface area (Å²) in [4.78, 5) is 28.0. The molecule has 1 atom stereocenters. The Morgan fingerprint density at radius 2 is 2.05 bits per heavy atom. The molecule has 22 heavy (non-hydrogen) atoms. The fourth-order valence-electron chi connectivity index (χ4n) is 2.81. The second-order valence-electron chi connectivity index (χ2n) is 5.85. The summed E-state index contributed by atoms with van der Waals surface area (Å²) in [6.07, 6.45) is 1.88. The van der Waals surface area contributed by atoms with E-state index in [-0.39, 0.29) is 17.7 Å². The smallest absolute Gasteiger partial charge is 0.226 e. The van der Waals surface area contributed by atoms with Gasteiger partial charge in [-0.25, -0.2) is 0 Å². The van der Waals surface area contributed by atoms with Gasteiger partial charge in [0.1, 0.15) is 0 Å². The fourth-order valence-corrected chi connectivity index (χ4v) is 2.81. The van der Waals surface area contributed by atoms with Gasteiger partial charge < -0.3 is 15.5 Å². The number of benzene rings is 1. The average Bonchev–Trinajstić information content (AvgIpc) is 2.54. The molecule has 2 amide bonds. The van der Waals surface area contributed by atoms with Crippen LogP contribution >= 0.6 is 0 Å². The van der Waals surface area contributed by atoms with Crippen LogP contribution in [0.15, 0.2) is 30.3 Å². The van der Waals surface area contributed by atoms with Crippen molar-refractivity contribution in [1.82, 2.24) is 9.80 Å². The Kier molecular flexibility index (Phi) is 5.95. The van der Waals surface area contributed by atoms with Crippen LogP contribution in [0.5, 0.6) is 0 Å². The van der Waals surface area contributed by atoms with Crippen molar-refractivity contribution < 1.29 is 9.59 Å². The first-order chi connectivity index (χ1) is 10.6. The van der Waals surface area contributed by atoms with Crippen LogP contribution in [0.1, 0.15) is 18.4 Å². The predicted molar refractivity (Wildman–Crippen MR) is 86.1 cm³/mol. The van der Waals surface area contributed by atoms with E-state index in [2.05, 4.69) is 12.1 Å². The van der Waals surface area contributed by atoms with E-state index in [0.29, 0.717) is 32.6 Å². The van der Waals surface area contributed by atoms with Crippen molar-refractivity contribution in [1.29, 1.82) is 0 Å². The molecule has 1 aromatic rings. The van der Waals surface area contributed by atoms with Crippen molar-refractivity contribution in [2.45, 2.75) is 19.3 Å². The van der Waals surface area contributed by atoms with Crippen molar-refractivity contribution in [3.63, 3.8) is 0 Å². The number of nitrogens with zero attached hydrogens (tertiary/aromatic N) is 2. The van der Waals surface area contributed by atoms with Gasteiger partial charge in [0.15, 0.2) is 0 Å². The number of nitrogens with two attached hydrogens (primary N) is 1. The van der Waals surface area contributed by atoms with Gasteiger partial charge in [-0.05, 0) is 18.4 Å². The third-order valence-corrected chi connectivity index (χ3v) is 4.23. The molecule has 0 bridgehead atoms. The van der Waals surface area contributed by atoms with Gasteiger partial charge in [0.05, 0.1) is 0 Å². The maximum atomic E-state index is 12.7. The van der Waals surface area contributed by atoms with Crippen LogP contribution in [0.3, 0.4) is 0 Å². The normalized spacial score (nSPS) is 18.4. The topological polar surface area (TPSA) is 66.6 Å². The molecule has 5 heteroatoms. The van der Waals surface area contributed by atoms with Crippen LogP contribution in [0.25, 0.3) is 0 Å². The monoisotopic (exact) mass is 303 g/mol. The van der Waals surface area contributed by atoms with E-state index in [1.54, 1.807) is 11.9 Å². The Labute approximate surface area is 132 Å². The Bertz CT molecular complexity index is 504. The summed E-state index contributed by atoms with van der Waals surface area (Å²) in [5.74, 6) is -0.0609. The van der Waals surface area contributed by atoms with Crippen molar-refractivity contribution in [2.24, 2.45) is 11.7 Å². The second-order valence-corrected chi connectivity index (χ2v) is 5.85. The zero-order chi connectivity index (χ0) is 15.9. The standard InChI is InChI=1S/C17H25N3O2/c1-19-10-8-15(13-16(19)21)17(22)20(12-9-18)11-7-14-5-3-2-4-6-14/h2-6,15H,7-13,18H2,1H3. The Balaban J connectivity index is 1.94. The van der Waals surface area contributed by atoms with Gasteiger partial charge in [-0.2, -0.15) is 0 Å². The number of rotatable bonds is 6. The summed E-state index contributed by atoms with van der Waals surface area (Å²) in [5, 5.41) is 0. The van der Waals surface area contributed by atoms with Gasteiger partial charge in [0.25, 0.3) is 0 Å². The fraction of sp³-hybridized carbons (Fsp3) is 0.529. The van der Waals surface area contributed by atoms with Crippen molar-refractivity contribution in [3.05, 3.63) is 35.9 Å². The lowest BCUT2D eigenvalue weighted by Crippen LogP contribution is -2.45. The molecule has 0 saturated carbocycles. The summed E-state index contributed by atoms with van der Waals surface area (Å²) in [6.45, 7) is 2.30. The van der Waals surface area contributed by atoms with E-state index in [4.69, 9.17) is 5.73 Å². The first-order valence-electron chi connectivity index (χ1n) is 7.88. The second kappa shape index (κ2) is 7.94. The van der Waals surface area contributed by atoms with Gasteiger partial charge >= 0.3 is 0 Å². The maximum absolute atomic E-state index is 12.7. The molecular weight excluding hydrogens is 278 g/mol. The van der Waals surface area contributed by atoms with Gasteiger partial charge in [-0.1, -0.05) is 30.3 Å². The largest absolute Gasteiger partial charge is 0.346 e. The molecule has 0 spiro atoms. The number of carbonyl (C=O) groups is 2. The van der Waals surface area contributed by atoms with Crippen LogP contribution < -0.4 is 5.73 Å². The van der Waals surface area contributed by atoms with Crippen LogP contribution in [-0.4, -0.2) is 54.8 Å². The molecule has 1 fully saturated rings.